The largest absolute Gasteiger partial charge is 0.326 e. The number of pyridine rings is 1. The zero-order valence-electron chi connectivity index (χ0n) is 13.0. The maximum atomic E-state index is 6.15. The SMILES string of the molecule is CC(C)(N)c1ccc(-c2ccc3cnccc3c2CN)cc1. The molecule has 0 aliphatic rings. The van der Waals surface area contributed by atoms with Gasteiger partial charge in [-0.15, -0.1) is 0 Å². The predicted octanol–water partition coefficient (Wildman–Crippen LogP) is 3.55. The lowest BCUT2D eigenvalue weighted by Crippen LogP contribution is -2.28. The van der Waals surface area contributed by atoms with Gasteiger partial charge in [-0.25, -0.2) is 0 Å². The van der Waals surface area contributed by atoms with Crippen molar-refractivity contribution in [2.45, 2.75) is 25.9 Å². The van der Waals surface area contributed by atoms with Gasteiger partial charge in [0.15, 0.2) is 0 Å². The standard InChI is InChI=1S/C19H21N3/c1-19(2,21)15-6-3-13(4-7-15)16-8-5-14-12-22-10-9-17(14)18(16)11-20/h3-10,12H,11,20-21H2,1-2H3. The van der Waals surface area contributed by atoms with Crippen LogP contribution in [0.5, 0.6) is 0 Å². The molecule has 0 spiro atoms. The number of hydrogen-bond acceptors (Lipinski definition) is 3. The lowest BCUT2D eigenvalue weighted by atomic mass is 9.91. The van der Waals surface area contributed by atoms with E-state index in [1.165, 1.54) is 10.9 Å². The fourth-order valence-electron chi connectivity index (χ4n) is 2.80. The topological polar surface area (TPSA) is 64.9 Å². The minimum Gasteiger partial charge on any atom is -0.326 e. The highest BCUT2D eigenvalue weighted by Gasteiger charge is 2.14. The van der Waals surface area contributed by atoms with Crippen LogP contribution in [-0.2, 0) is 12.1 Å². The fraction of sp³-hybridized carbons (Fsp3) is 0.211. The Morgan fingerprint density at radius 1 is 1.00 bits per heavy atom. The minimum absolute atomic E-state index is 0.329. The zero-order chi connectivity index (χ0) is 15.7. The minimum atomic E-state index is -0.329. The molecule has 0 aliphatic carbocycles. The molecule has 0 saturated heterocycles. The van der Waals surface area contributed by atoms with E-state index < -0.39 is 0 Å². The van der Waals surface area contributed by atoms with Crippen molar-refractivity contribution in [2.24, 2.45) is 11.5 Å². The number of benzene rings is 2. The molecule has 0 aliphatic heterocycles. The summed E-state index contributed by atoms with van der Waals surface area (Å²) in [5, 5.41) is 2.28. The summed E-state index contributed by atoms with van der Waals surface area (Å²) in [4.78, 5) is 4.17. The number of hydrogen-bond donors (Lipinski definition) is 2. The second kappa shape index (κ2) is 5.52. The van der Waals surface area contributed by atoms with E-state index in [1.807, 2.05) is 32.3 Å². The molecule has 3 nitrogen and oxygen atoms in total. The van der Waals surface area contributed by atoms with Gasteiger partial charge in [0.2, 0.25) is 0 Å². The molecule has 0 bridgehead atoms. The number of rotatable bonds is 3. The monoisotopic (exact) mass is 291 g/mol. The van der Waals surface area contributed by atoms with E-state index in [9.17, 15) is 0 Å². The van der Waals surface area contributed by atoms with Crippen LogP contribution >= 0.6 is 0 Å². The van der Waals surface area contributed by atoms with Crippen molar-refractivity contribution in [1.29, 1.82) is 0 Å². The number of nitrogens with two attached hydrogens (primary N) is 2. The average Bonchev–Trinajstić information content (AvgIpc) is 2.53. The molecular formula is C19H21N3. The molecule has 0 radical (unpaired) electrons. The van der Waals surface area contributed by atoms with Crippen LogP contribution in [0.3, 0.4) is 0 Å². The first-order valence-electron chi connectivity index (χ1n) is 7.46. The lowest BCUT2D eigenvalue weighted by Gasteiger charge is -2.20. The molecule has 3 heteroatoms. The van der Waals surface area contributed by atoms with Gasteiger partial charge in [-0.1, -0.05) is 36.4 Å². The van der Waals surface area contributed by atoms with Crippen molar-refractivity contribution in [1.82, 2.24) is 4.98 Å². The molecule has 2 aromatic carbocycles. The third-order valence-electron chi connectivity index (χ3n) is 4.08. The summed E-state index contributed by atoms with van der Waals surface area (Å²) in [7, 11) is 0. The highest BCUT2D eigenvalue weighted by Crippen LogP contribution is 2.30. The summed E-state index contributed by atoms with van der Waals surface area (Å²) < 4.78 is 0. The third kappa shape index (κ3) is 2.61. The summed E-state index contributed by atoms with van der Waals surface area (Å²) in [6, 6.07) is 14.7. The van der Waals surface area contributed by atoms with Crippen LogP contribution in [0.4, 0.5) is 0 Å². The third-order valence-corrected chi connectivity index (χ3v) is 4.08. The first-order valence-corrected chi connectivity index (χ1v) is 7.46. The van der Waals surface area contributed by atoms with Crippen molar-refractivity contribution in [3.05, 3.63) is 66.0 Å². The van der Waals surface area contributed by atoms with E-state index in [4.69, 9.17) is 11.5 Å². The van der Waals surface area contributed by atoms with E-state index in [0.29, 0.717) is 6.54 Å². The molecule has 1 heterocycles. The van der Waals surface area contributed by atoms with Crippen molar-refractivity contribution >= 4 is 10.8 Å². The quantitative estimate of drug-likeness (QED) is 0.775. The predicted molar refractivity (Wildman–Crippen MR) is 92.3 cm³/mol. The van der Waals surface area contributed by atoms with Gasteiger partial charge in [0.05, 0.1) is 0 Å². The van der Waals surface area contributed by atoms with Gasteiger partial charge in [-0.2, -0.15) is 0 Å². The molecule has 0 fully saturated rings. The van der Waals surface area contributed by atoms with Gasteiger partial charge in [-0.05, 0) is 47.6 Å². The Balaban J connectivity index is 2.14. The zero-order valence-corrected chi connectivity index (χ0v) is 13.0. The van der Waals surface area contributed by atoms with Gasteiger partial charge >= 0.3 is 0 Å². The molecule has 4 N–H and O–H groups in total. The van der Waals surface area contributed by atoms with E-state index in [0.717, 1.165) is 22.1 Å². The maximum absolute atomic E-state index is 6.15. The van der Waals surface area contributed by atoms with E-state index in [1.54, 1.807) is 0 Å². The highest BCUT2D eigenvalue weighted by molar-refractivity contribution is 5.91. The second-order valence-corrected chi connectivity index (χ2v) is 6.19. The Labute approximate surface area is 131 Å². The molecule has 3 rings (SSSR count). The maximum Gasteiger partial charge on any atom is 0.0352 e. The van der Waals surface area contributed by atoms with Crippen molar-refractivity contribution < 1.29 is 0 Å². The van der Waals surface area contributed by atoms with Crippen LogP contribution in [0.2, 0.25) is 0 Å². The second-order valence-electron chi connectivity index (χ2n) is 6.19. The number of fused-ring (bicyclic) bond motifs is 1. The molecule has 22 heavy (non-hydrogen) atoms. The Bertz CT molecular complexity index is 799. The Kier molecular flexibility index (Phi) is 3.69. The molecule has 0 unspecified atom stereocenters. The van der Waals surface area contributed by atoms with Gasteiger partial charge < -0.3 is 11.5 Å². The summed E-state index contributed by atoms with van der Waals surface area (Å²) in [6.45, 7) is 4.52. The van der Waals surface area contributed by atoms with Gasteiger partial charge in [0, 0.05) is 29.9 Å². The van der Waals surface area contributed by atoms with Gasteiger partial charge in [-0.3, -0.25) is 4.98 Å². The Morgan fingerprint density at radius 2 is 1.73 bits per heavy atom. The van der Waals surface area contributed by atoms with Gasteiger partial charge in [0.1, 0.15) is 0 Å². The normalized spacial score (nSPS) is 11.8. The molecule has 1 aromatic heterocycles. The molecule has 0 saturated carbocycles. The lowest BCUT2D eigenvalue weighted by molar-refractivity contribution is 0.554. The Hall–Kier alpha value is -2.23. The molecule has 112 valence electrons. The van der Waals surface area contributed by atoms with Crippen LogP contribution in [0, 0.1) is 0 Å². The van der Waals surface area contributed by atoms with Crippen LogP contribution in [-0.4, -0.2) is 4.98 Å². The molecular weight excluding hydrogens is 270 g/mol. The molecule has 0 amide bonds. The Morgan fingerprint density at radius 3 is 2.36 bits per heavy atom. The number of aromatic nitrogens is 1. The average molecular weight is 291 g/mol. The van der Waals surface area contributed by atoms with Crippen LogP contribution < -0.4 is 11.5 Å². The van der Waals surface area contributed by atoms with E-state index in [-0.39, 0.29) is 5.54 Å². The van der Waals surface area contributed by atoms with Crippen molar-refractivity contribution in [3.63, 3.8) is 0 Å². The van der Waals surface area contributed by atoms with Gasteiger partial charge in [0.25, 0.3) is 0 Å². The van der Waals surface area contributed by atoms with Crippen molar-refractivity contribution in [2.75, 3.05) is 0 Å². The summed E-state index contributed by atoms with van der Waals surface area (Å²) in [5.74, 6) is 0. The van der Waals surface area contributed by atoms with Crippen LogP contribution in [0.1, 0.15) is 25.0 Å². The smallest absolute Gasteiger partial charge is 0.0352 e. The van der Waals surface area contributed by atoms with E-state index in [2.05, 4.69) is 41.4 Å². The summed E-state index contributed by atoms with van der Waals surface area (Å²) in [5.41, 5.74) is 16.4. The van der Waals surface area contributed by atoms with Crippen molar-refractivity contribution in [3.8, 4) is 11.1 Å². The fourth-order valence-corrected chi connectivity index (χ4v) is 2.80. The molecule has 0 atom stereocenters. The van der Waals surface area contributed by atoms with E-state index >= 15 is 0 Å². The van der Waals surface area contributed by atoms with Crippen LogP contribution in [0.15, 0.2) is 54.9 Å². The highest BCUT2D eigenvalue weighted by atomic mass is 14.7. The van der Waals surface area contributed by atoms with Crippen LogP contribution in [0.25, 0.3) is 21.9 Å². The summed E-state index contributed by atoms with van der Waals surface area (Å²) in [6.07, 6.45) is 3.68. The first-order chi connectivity index (χ1) is 10.5. The summed E-state index contributed by atoms with van der Waals surface area (Å²) >= 11 is 0. The molecule has 3 aromatic rings. The number of nitrogens with zero attached hydrogens (tertiary/aromatic N) is 1. The first kappa shape index (κ1) is 14.7.